The lowest BCUT2D eigenvalue weighted by atomic mass is 10.1. The molecule has 2 aliphatic heterocycles. The number of halogens is 2. The van der Waals surface area contributed by atoms with Gasteiger partial charge in [0.1, 0.15) is 5.75 Å². The van der Waals surface area contributed by atoms with Gasteiger partial charge in [0, 0.05) is 63.2 Å². The van der Waals surface area contributed by atoms with Crippen LogP contribution in [-0.2, 0) is 11.3 Å². The van der Waals surface area contributed by atoms with Crippen molar-refractivity contribution in [3.63, 3.8) is 0 Å². The number of carbonyl (C=O) groups excluding carboxylic acids is 1. The van der Waals surface area contributed by atoms with E-state index < -0.39 is 0 Å². The second kappa shape index (κ2) is 12.7. The van der Waals surface area contributed by atoms with Crippen LogP contribution in [0.4, 0.5) is 0 Å². The smallest absolute Gasteiger partial charge is 0.224 e. The summed E-state index contributed by atoms with van der Waals surface area (Å²) >= 11 is 1.95. The molecule has 5 nitrogen and oxygen atoms in total. The average Bonchev–Trinajstić information content (AvgIpc) is 2.65. The number of ether oxygens (including phenoxy) is 1. The number of rotatable bonds is 6. The van der Waals surface area contributed by atoms with Crippen molar-refractivity contribution < 1.29 is 9.53 Å². The summed E-state index contributed by atoms with van der Waals surface area (Å²) < 4.78 is 5.49. The molecule has 0 aliphatic carbocycles. The average molecular weight is 436 g/mol. The fraction of sp³-hybridized carbons (Fsp3) is 0.632. The summed E-state index contributed by atoms with van der Waals surface area (Å²) in [6.07, 6.45) is 0.645. The molecule has 1 atom stereocenters. The third-order valence-corrected chi connectivity index (χ3v) is 5.92. The highest BCUT2D eigenvalue weighted by Gasteiger charge is 2.24. The van der Waals surface area contributed by atoms with Gasteiger partial charge in [-0.05, 0) is 24.6 Å². The third kappa shape index (κ3) is 7.70. The van der Waals surface area contributed by atoms with Crippen molar-refractivity contribution in [2.75, 3.05) is 50.8 Å². The van der Waals surface area contributed by atoms with Crippen LogP contribution in [0, 0.1) is 0 Å². The molecule has 0 spiro atoms. The van der Waals surface area contributed by atoms with Gasteiger partial charge in [-0.3, -0.25) is 9.69 Å². The predicted octanol–water partition coefficient (Wildman–Crippen LogP) is 2.67. The van der Waals surface area contributed by atoms with Gasteiger partial charge in [0.15, 0.2) is 0 Å². The normalized spacial score (nSPS) is 20.3. The summed E-state index contributed by atoms with van der Waals surface area (Å²) in [5, 5.41) is 3.46. The highest BCUT2D eigenvalue weighted by Crippen LogP contribution is 2.16. The molecule has 2 fully saturated rings. The van der Waals surface area contributed by atoms with E-state index in [9.17, 15) is 4.79 Å². The summed E-state index contributed by atoms with van der Waals surface area (Å²) in [5.41, 5.74) is 1.30. The molecule has 0 saturated carbocycles. The lowest BCUT2D eigenvalue weighted by molar-refractivity contribution is -0.133. The summed E-state index contributed by atoms with van der Waals surface area (Å²) in [7, 11) is 0. The minimum Gasteiger partial charge on any atom is -0.494 e. The first-order valence-corrected chi connectivity index (χ1v) is 10.4. The van der Waals surface area contributed by atoms with Crippen molar-refractivity contribution in [1.29, 1.82) is 0 Å². The number of benzene rings is 1. The number of hydrogen-bond donors (Lipinski definition) is 1. The van der Waals surface area contributed by atoms with E-state index in [4.69, 9.17) is 4.74 Å². The summed E-state index contributed by atoms with van der Waals surface area (Å²) in [5.74, 6) is 3.45. The van der Waals surface area contributed by atoms with Crippen molar-refractivity contribution in [2.45, 2.75) is 25.9 Å². The van der Waals surface area contributed by atoms with E-state index in [-0.39, 0.29) is 24.8 Å². The van der Waals surface area contributed by atoms with E-state index in [2.05, 4.69) is 22.3 Å². The quantitative estimate of drug-likeness (QED) is 0.743. The zero-order valence-electron chi connectivity index (χ0n) is 15.9. The third-order valence-electron chi connectivity index (χ3n) is 4.79. The lowest BCUT2D eigenvalue weighted by Gasteiger charge is -2.35. The summed E-state index contributed by atoms with van der Waals surface area (Å²) in [6, 6.07) is 8.69. The standard InChI is InChI=1S/C19H29N3O2S.2ClH/c1-2-24-18-5-3-16(4-6-18)14-21-8-10-22(11-9-21)19(23)13-17-15-25-12-7-20-17;;/h3-6,17,20H,2,7-15H2,1H3;2*1H. The van der Waals surface area contributed by atoms with Gasteiger partial charge in [-0.15, -0.1) is 24.8 Å². The van der Waals surface area contributed by atoms with Crippen LogP contribution >= 0.6 is 36.6 Å². The Morgan fingerprint density at radius 3 is 2.48 bits per heavy atom. The predicted molar refractivity (Wildman–Crippen MR) is 118 cm³/mol. The van der Waals surface area contributed by atoms with Crippen molar-refractivity contribution in [1.82, 2.24) is 15.1 Å². The monoisotopic (exact) mass is 435 g/mol. The fourth-order valence-corrected chi connectivity index (χ4v) is 4.31. The lowest BCUT2D eigenvalue weighted by Crippen LogP contribution is -2.50. The van der Waals surface area contributed by atoms with E-state index in [0.29, 0.717) is 25.0 Å². The molecule has 1 aromatic carbocycles. The second-order valence-corrected chi connectivity index (χ2v) is 7.81. The van der Waals surface area contributed by atoms with E-state index in [1.54, 1.807) is 0 Å². The molecule has 3 rings (SSSR count). The Morgan fingerprint density at radius 1 is 1.19 bits per heavy atom. The molecule has 1 unspecified atom stereocenters. The van der Waals surface area contributed by atoms with Crippen LogP contribution in [0.1, 0.15) is 18.9 Å². The number of thioether (sulfide) groups is 1. The molecule has 0 radical (unpaired) electrons. The van der Waals surface area contributed by atoms with Gasteiger partial charge in [-0.1, -0.05) is 12.1 Å². The van der Waals surface area contributed by atoms with Crippen LogP contribution in [0.15, 0.2) is 24.3 Å². The number of amides is 1. The zero-order valence-corrected chi connectivity index (χ0v) is 18.3. The Kier molecular flexibility index (Phi) is 11.5. The fourth-order valence-electron chi connectivity index (χ4n) is 3.36. The Balaban J connectivity index is 0.00000182. The van der Waals surface area contributed by atoms with E-state index in [0.717, 1.165) is 56.5 Å². The molecular formula is C19H31Cl2N3O2S. The minimum atomic E-state index is 0. The van der Waals surface area contributed by atoms with Gasteiger partial charge in [0.25, 0.3) is 0 Å². The molecule has 2 aliphatic rings. The van der Waals surface area contributed by atoms with Crippen LogP contribution in [-0.4, -0.2) is 72.6 Å². The van der Waals surface area contributed by atoms with Crippen molar-refractivity contribution in [3.05, 3.63) is 29.8 Å². The van der Waals surface area contributed by atoms with Crippen molar-refractivity contribution in [3.8, 4) is 5.75 Å². The van der Waals surface area contributed by atoms with Gasteiger partial charge < -0.3 is 15.0 Å². The Bertz CT molecular complexity index is 548. The van der Waals surface area contributed by atoms with E-state index in [1.165, 1.54) is 5.56 Å². The first kappa shape index (κ1) is 24.4. The number of nitrogens with one attached hydrogen (secondary N) is 1. The van der Waals surface area contributed by atoms with E-state index >= 15 is 0 Å². The molecule has 1 amide bonds. The molecule has 27 heavy (non-hydrogen) atoms. The molecule has 0 aromatic heterocycles. The van der Waals surface area contributed by atoms with Crippen LogP contribution in [0.2, 0.25) is 0 Å². The maximum absolute atomic E-state index is 12.5. The molecule has 1 aromatic rings. The van der Waals surface area contributed by atoms with Crippen molar-refractivity contribution >= 4 is 42.5 Å². The Hall–Kier alpha value is -0.660. The number of hydrogen-bond acceptors (Lipinski definition) is 5. The van der Waals surface area contributed by atoms with Crippen LogP contribution < -0.4 is 10.1 Å². The highest BCUT2D eigenvalue weighted by atomic mass is 35.5. The SMILES string of the molecule is CCOc1ccc(CN2CCN(C(=O)CC3CSCCN3)CC2)cc1.Cl.Cl. The Labute approximate surface area is 179 Å². The van der Waals surface area contributed by atoms with Crippen LogP contribution in [0.25, 0.3) is 0 Å². The Morgan fingerprint density at radius 2 is 1.89 bits per heavy atom. The largest absolute Gasteiger partial charge is 0.494 e. The number of carbonyl (C=O) groups is 1. The molecule has 0 bridgehead atoms. The maximum Gasteiger partial charge on any atom is 0.224 e. The maximum atomic E-state index is 12.5. The molecule has 8 heteroatoms. The first-order valence-electron chi connectivity index (χ1n) is 9.27. The van der Waals surface area contributed by atoms with Crippen LogP contribution in [0.3, 0.4) is 0 Å². The second-order valence-electron chi connectivity index (χ2n) is 6.66. The van der Waals surface area contributed by atoms with E-state index in [1.807, 2.05) is 35.7 Å². The topological polar surface area (TPSA) is 44.8 Å². The van der Waals surface area contributed by atoms with Crippen molar-refractivity contribution in [2.24, 2.45) is 0 Å². The summed E-state index contributed by atoms with van der Waals surface area (Å²) in [6.45, 7) is 8.25. The molecule has 2 heterocycles. The number of nitrogens with zero attached hydrogens (tertiary/aromatic N) is 2. The van der Waals surface area contributed by atoms with Gasteiger partial charge in [0.05, 0.1) is 6.61 Å². The van der Waals surface area contributed by atoms with Crippen LogP contribution in [0.5, 0.6) is 5.75 Å². The van der Waals surface area contributed by atoms with Gasteiger partial charge in [-0.2, -0.15) is 11.8 Å². The van der Waals surface area contributed by atoms with Gasteiger partial charge >= 0.3 is 0 Å². The first-order chi connectivity index (χ1) is 12.2. The number of piperazine rings is 1. The molecule has 2 saturated heterocycles. The molecule has 154 valence electrons. The van der Waals surface area contributed by atoms with Gasteiger partial charge in [-0.25, -0.2) is 0 Å². The highest BCUT2D eigenvalue weighted by molar-refractivity contribution is 7.99. The summed E-state index contributed by atoms with van der Waals surface area (Å²) in [4.78, 5) is 16.9. The van der Waals surface area contributed by atoms with Gasteiger partial charge in [0.2, 0.25) is 5.91 Å². The molecule has 1 N–H and O–H groups in total. The zero-order chi connectivity index (χ0) is 17.5. The molecular weight excluding hydrogens is 405 g/mol. The minimum absolute atomic E-state index is 0.